The number of rotatable bonds is 7. The van der Waals surface area contributed by atoms with Gasteiger partial charge in [0.25, 0.3) is 5.91 Å². The maximum atomic E-state index is 12.3. The zero-order valence-corrected chi connectivity index (χ0v) is 15.6. The van der Waals surface area contributed by atoms with Gasteiger partial charge in [0.15, 0.2) is 11.5 Å². The summed E-state index contributed by atoms with van der Waals surface area (Å²) >= 11 is 3.37. The third-order valence-electron chi connectivity index (χ3n) is 3.54. The van der Waals surface area contributed by atoms with Crippen molar-refractivity contribution >= 4 is 33.7 Å². The van der Waals surface area contributed by atoms with Crippen molar-refractivity contribution in [3.63, 3.8) is 0 Å². The van der Waals surface area contributed by atoms with Crippen LogP contribution < -0.4 is 15.5 Å². The zero-order valence-electron chi connectivity index (χ0n) is 14.0. The molecule has 25 heavy (non-hydrogen) atoms. The average Bonchev–Trinajstić information content (AvgIpc) is 2.62. The van der Waals surface area contributed by atoms with E-state index in [0.29, 0.717) is 17.7 Å². The number of nitrogens with zero attached hydrogens (tertiary/aromatic N) is 1. The summed E-state index contributed by atoms with van der Waals surface area (Å²) in [6.07, 6.45) is 1.98. The average molecular weight is 406 g/mol. The van der Waals surface area contributed by atoms with Crippen LogP contribution in [0.1, 0.15) is 18.9 Å². The summed E-state index contributed by atoms with van der Waals surface area (Å²) in [6.45, 7) is 1.91. The van der Waals surface area contributed by atoms with Gasteiger partial charge in [-0.05, 0) is 42.8 Å². The smallest absolute Gasteiger partial charge is 0.262 e. The Labute approximate surface area is 155 Å². The molecule has 132 valence electrons. The molecule has 3 N–H and O–H groups in total. The van der Waals surface area contributed by atoms with Crippen molar-refractivity contribution in [1.29, 1.82) is 0 Å². The van der Waals surface area contributed by atoms with Gasteiger partial charge in [-0.15, -0.1) is 0 Å². The number of carbonyl (C=O) groups excluding carboxylic acids is 1. The van der Waals surface area contributed by atoms with E-state index in [2.05, 4.69) is 31.8 Å². The van der Waals surface area contributed by atoms with Crippen LogP contribution >= 0.6 is 15.9 Å². The number of carbonyl (C=O) groups is 1. The number of hydrogen-bond donors (Lipinski definition) is 3. The molecule has 0 aliphatic rings. The minimum Gasteiger partial charge on any atom is -0.504 e. The van der Waals surface area contributed by atoms with E-state index in [1.54, 1.807) is 18.2 Å². The quantitative estimate of drug-likeness (QED) is 0.486. The van der Waals surface area contributed by atoms with E-state index >= 15 is 0 Å². The Morgan fingerprint density at radius 2 is 2.04 bits per heavy atom. The molecule has 0 bridgehead atoms. The summed E-state index contributed by atoms with van der Waals surface area (Å²) in [5, 5.41) is 17.1. The fraction of sp³-hybridized carbons (Fsp3) is 0.222. The predicted molar refractivity (Wildman–Crippen MR) is 102 cm³/mol. The number of para-hydroxylation sites is 1. The summed E-state index contributed by atoms with van der Waals surface area (Å²) in [6, 6.07) is 12.2. The van der Waals surface area contributed by atoms with E-state index in [1.165, 1.54) is 13.3 Å². The molecule has 2 rings (SSSR count). The second kappa shape index (κ2) is 9.08. The van der Waals surface area contributed by atoms with Crippen LogP contribution in [0.3, 0.4) is 0 Å². The predicted octanol–water partition coefficient (Wildman–Crippen LogP) is 3.50. The molecule has 1 amide bonds. The summed E-state index contributed by atoms with van der Waals surface area (Å²) in [5.74, 6) is 0.0608. The number of benzene rings is 2. The van der Waals surface area contributed by atoms with Crippen molar-refractivity contribution in [2.75, 3.05) is 12.4 Å². The van der Waals surface area contributed by atoms with E-state index in [-0.39, 0.29) is 11.7 Å². The Kier molecular flexibility index (Phi) is 6.82. The molecule has 0 aliphatic heterocycles. The molecule has 0 heterocycles. The Bertz CT molecular complexity index is 748. The number of ether oxygens (including phenoxy) is 1. The topological polar surface area (TPSA) is 83.0 Å². The Morgan fingerprint density at radius 1 is 1.32 bits per heavy atom. The van der Waals surface area contributed by atoms with Crippen LogP contribution in [0.4, 0.5) is 5.69 Å². The molecule has 0 saturated heterocycles. The van der Waals surface area contributed by atoms with Gasteiger partial charge in [0.1, 0.15) is 6.04 Å². The number of halogens is 1. The summed E-state index contributed by atoms with van der Waals surface area (Å²) in [4.78, 5) is 12.3. The summed E-state index contributed by atoms with van der Waals surface area (Å²) < 4.78 is 6.00. The molecule has 0 fully saturated rings. The standard InChI is InChI=1S/C18H20BrN3O3/c1-3-15(21-14-9-7-13(19)8-10-14)18(24)22-20-11-12-5-4-6-16(25-2)17(12)23/h4-11,15,21,23H,3H2,1-2H3,(H,22,24)/b20-11-/t15-/m1/s1. The van der Waals surface area contributed by atoms with Gasteiger partial charge in [0.2, 0.25) is 0 Å². The van der Waals surface area contributed by atoms with Gasteiger partial charge in [0.05, 0.1) is 13.3 Å². The molecule has 2 aromatic carbocycles. The van der Waals surface area contributed by atoms with Crippen molar-refractivity contribution < 1.29 is 14.6 Å². The lowest BCUT2D eigenvalue weighted by molar-refractivity contribution is -0.121. The Hall–Kier alpha value is -2.54. The number of aromatic hydroxyl groups is 1. The van der Waals surface area contributed by atoms with Gasteiger partial charge in [-0.3, -0.25) is 4.79 Å². The van der Waals surface area contributed by atoms with Crippen molar-refractivity contribution in [1.82, 2.24) is 5.43 Å². The van der Waals surface area contributed by atoms with Crippen molar-refractivity contribution in [3.8, 4) is 11.5 Å². The normalized spacial score (nSPS) is 12.0. The van der Waals surface area contributed by atoms with Crippen LogP contribution in [0.2, 0.25) is 0 Å². The molecule has 0 aliphatic carbocycles. The maximum Gasteiger partial charge on any atom is 0.262 e. The summed E-state index contributed by atoms with van der Waals surface area (Å²) in [7, 11) is 1.47. The third kappa shape index (κ3) is 5.22. The number of hydrogen-bond acceptors (Lipinski definition) is 5. The second-order valence-electron chi connectivity index (χ2n) is 5.24. The van der Waals surface area contributed by atoms with Gasteiger partial charge in [-0.2, -0.15) is 5.10 Å². The molecule has 6 nitrogen and oxygen atoms in total. The first-order valence-corrected chi connectivity index (χ1v) is 8.55. The fourth-order valence-corrected chi connectivity index (χ4v) is 2.42. The van der Waals surface area contributed by atoms with Gasteiger partial charge < -0.3 is 15.2 Å². The largest absolute Gasteiger partial charge is 0.504 e. The second-order valence-corrected chi connectivity index (χ2v) is 6.16. The van der Waals surface area contributed by atoms with Crippen molar-refractivity contribution in [2.24, 2.45) is 5.10 Å². The van der Waals surface area contributed by atoms with Crippen LogP contribution in [0.15, 0.2) is 52.0 Å². The fourth-order valence-electron chi connectivity index (χ4n) is 2.15. The molecule has 0 radical (unpaired) electrons. The number of nitrogens with one attached hydrogen (secondary N) is 2. The number of methoxy groups -OCH3 is 1. The van der Waals surface area contributed by atoms with Gasteiger partial charge in [-0.1, -0.05) is 28.9 Å². The lowest BCUT2D eigenvalue weighted by Gasteiger charge is -2.16. The third-order valence-corrected chi connectivity index (χ3v) is 4.07. The Morgan fingerprint density at radius 3 is 2.68 bits per heavy atom. The number of hydrazone groups is 1. The van der Waals surface area contributed by atoms with Gasteiger partial charge >= 0.3 is 0 Å². The van der Waals surface area contributed by atoms with Crippen LogP contribution in [-0.4, -0.2) is 30.4 Å². The van der Waals surface area contributed by atoms with Crippen molar-refractivity contribution in [2.45, 2.75) is 19.4 Å². The Balaban J connectivity index is 1.98. The minimum absolute atomic E-state index is 0.0250. The number of phenolic OH excluding ortho intramolecular Hbond substituents is 1. The van der Waals surface area contributed by atoms with Crippen LogP contribution in [0.5, 0.6) is 11.5 Å². The highest BCUT2D eigenvalue weighted by Gasteiger charge is 2.15. The molecular formula is C18H20BrN3O3. The highest BCUT2D eigenvalue weighted by molar-refractivity contribution is 9.10. The number of phenols is 1. The van der Waals surface area contributed by atoms with E-state index < -0.39 is 6.04 Å². The molecule has 0 unspecified atom stereocenters. The molecule has 0 spiro atoms. The van der Waals surface area contributed by atoms with Gasteiger partial charge in [0, 0.05) is 15.7 Å². The van der Waals surface area contributed by atoms with Crippen LogP contribution in [0.25, 0.3) is 0 Å². The zero-order chi connectivity index (χ0) is 18.2. The highest BCUT2D eigenvalue weighted by atomic mass is 79.9. The molecule has 7 heteroatoms. The van der Waals surface area contributed by atoms with Crippen LogP contribution in [-0.2, 0) is 4.79 Å². The van der Waals surface area contributed by atoms with E-state index in [0.717, 1.165) is 10.2 Å². The monoisotopic (exact) mass is 405 g/mol. The first-order valence-electron chi connectivity index (χ1n) is 7.76. The number of amides is 1. The molecule has 2 aromatic rings. The minimum atomic E-state index is -0.419. The van der Waals surface area contributed by atoms with E-state index in [9.17, 15) is 9.90 Å². The SMILES string of the molecule is CC[C@@H](Nc1ccc(Br)cc1)C(=O)N/N=C\c1cccc(OC)c1O. The molecule has 1 atom stereocenters. The van der Waals surface area contributed by atoms with E-state index in [4.69, 9.17) is 4.74 Å². The lowest BCUT2D eigenvalue weighted by atomic mass is 10.2. The van der Waals surface area contributed by atoms with Crippen molar-refractivity contribution in [3.05, 3.63) is 52.5 Å². The van der Waals surface area contributed by atoms with Gasteiger partial charge in [-0.25, -0.2) is 5.43 Å². The molecule has 0 saturated carbocycles. The lowest BCUT2D eigenvalue weighted by Crippen LogP contribution is -2.36. The highest BCUT2D eigenvalue weighted by Crippen LogP contribution is 2.27. The summed E-state index contributed by atoms with van der Waals surface area (Å²) in [5.41, 5.74) is 3.78. The molecule has 0 aromatic heterocycles. The first kappa shape index (κ1) is 18.8. The number of anilines is 1. The maximum absolute atomic E-state index is 12.3. The van der Waals surface area contributed by atoms with Crippen LogP contribution in [0, 0.1) is 0 Å². The first-order chi connectivity index (χ1) is 12.0. The van der Waals surface area contributed by atoms with E-state index in [1.807, 2.05) is 31.2 Å². The molecular weight excluding hydrogens is 386 g/mol.